The molecule has 2 heterocycles. The normalized spacial score (nSPS) is 14.9. The predicted molar refractivity (Wildman–Crippen MR) is 87.7 cm³/mol. The first-order valence-electron chi connectivity index (χ1n) is 7.63. The number of aryl methyl sites for hydroxylation is 1. The van der Waals surface area contributed by atoms with Gasteiger partial charge in [0, 0.05) is 11.9 Å². The molecule has 0 radical (unpaired) electrons. The molecule has 2 aromatic heterocycles. The van der Waals surface area contributed by atoms with Crippen LogP contribution in [0.5, 0.6) is 0 Å². The van der Waals surface area contributed by atoms with Crippen molar-refractivity contribution in [2.45, 2.75) is 38.6 Å². The number of fused-ring (bicyclic) bond motifs is 1. The van der Waals surface area contributed by atoms with Crippen LogP contribution in [0.2, 0.25) is 0 Å². The second-order valence-electron chi connectivity index (χ2n) is 5.53. The number of hydrogen-bond acceptors (Lipinski definition) is 5. The average Bonchev–Trinajstić information content (AvgIpc) is 3.20. The van der Waals surface area contributed by atoms with E-state index in [9.17, 15) is 9.59 Å². The summed E-state index contributed by atoms with van der Waals surface area (Å²) in [6.07, 6.45) is 6.97. The van der Waals surface area contributed by atoms with Gasteiger partial charge in [-0.25, -0.2) is 9.67 Å². The maximum Gasteiger partial charge on any atom is 0.254 e. The molecular formula is C15H19N5O2S. The standard InChI is InChI=1S/C15H19N5O2S/c1-9(20-8-17-7-18-20)13(21)19-15-12(14(22)16-2)10-5-3-4-6-11(10)23-15/h7-9H,3-6H2,1-2H3,(H,16,22)(H,19,21)/t9-/m1/s1. The predicted octanol–water partition coefficient (Wildman–Crippen LogP) is 1.78. The Bertz CT molecular complexity index is 723. The van der Waals surface area contributed by atoms with E-state index in [1.807, 2.05) is 0 Å². The van der Waals surface area contributed by atoms with Gasteiger partial charge in [-0.05, 0) is 38.2 Å². The second-order valence-corrected chi connectivity index (χ2v) is 6.64. The van der Waals surface area contributed by atoms with Crippen molar-refractivity contribution in [1.82, 2.24) is 20.1 Å². The zero-order valence-corrected chi connectivity index (χ0v) is 13.9. The number of amides is 2. The van der Waals surface area contributed by atoms with Gasteiger partial charge < -0.3 is 10.6 Å². The van der Waals surface area contributed by atoms with E-state index in [2.05, 4.69) is 20.7 Å². The quantitative estimate of drug-likeness (QED) is 0.892. The minimum Gasteiger partial charge on any atom is -0.355 e. The lowest BCUT2D eigenvalue weighted by molar-refractivity contribution is -0.119. The molecule has 0 spiro atoms. The van der Waals surface area contributed by atoms with Crippen molar-refractivity contribution in [3.63, 3.8) is 0 Å². The molecule has 2 aromatic rings. The van der Waals surface area contributed by atoms with Crippen molar-refractivity contribution in [3.05, 3.63) is 28.7 Å². The molecule has 0 saturated heterocycles. The van der Waals surface area contributed by atoms with Crippen LogP contribution in [0.1, 0.15) is 46.6 Å². The highest BCUT2D eigenvalue weighted by Gasteiger charge is 2.27. The molecule has 23 heavy (non-hydrogen) atoms. The molecule has 0 aromatic carbocycles. The SMILES string of the molecule is CNC(=O)c1c(NC(=O)[C@@H](C)n2cncn2)sc2c1CCCC2. The number of carbonyl (C=O) groups excluding carboxylic acids is 2. The fraction of sp³-hybridized carbons (Fsp3) is 0.467. The minimum absolute atomic E-state index is 0.145. The third-order valence-corrected chi connectivity index (χ3v) is 5.28. The number of carbonyl (C=O) groups is 2. The summed E-state index contributed by atoms with van der Waals surface area (Å²) < 4.78 is 1.49. The van der Waals surface area contributed by atoms with Crippen LogP contribution in [-0.4, -0.2) is 33.6 Å². The van der Waals surface area contributed by atoms with Gasteiger partial charge in [-0.3, -0.25) is 9.59 Å². The Kier molecular flexibility index (Phi) is 4.42. The van der Waals surface area contributed by atoms with E-state index in [4.69, 9.17) is 0 Å². The summed E-state index contributed by atoms with van der Waals surface area (Å²) in [5, 5.41) is 10.2. The Morgan fingerprint density at radius 3 is 2.83 bits per heavy atom. The zero-order valence-electron chi connectivity index (χ0n) is 13.1. The fourth-order valence-corrected chi connectivity index (χ4v) is 4.06. The van der Waals surface area contributed by atoms with E-state index in [0.29, 0.717) is 10.6 Å². The summed E-state index contributed by atoms with van der Waals surface area (Å²) >= 11 is 1.51. The first-order chi connectivity index (χ1) is 11.1. The smallest absolute Gasteiger partial charge is 0.254 e. The van der Waals surface area contributed by atoms with E-state index < -0.39 is 6.04 Å². The van der Waals surface area contributed by atoms with Gasteiger partial charge in [-0.2, -0.15) is 5.10 Å². The summed E-state index contributed by atoms with van der Waals surface area (Å²) in [6.45, 7) is 1.75. The second kappa shape index (κ2) is 6.49. The molecule has 2 amide bonds. The van der Waals surface area contributed by atoms with E-state index in [1.54, 1.807) is 14.0 Å². The van der Waals surface area contributed by atoms with E-state index in [-0.39, 0.29) is 11.8 Å². The van der Waals surface area contributed by atoms with Crippen molar-refractivity contribution in [2.75, 3.05) is 12.4 Å². The van der Waals surface area contributed by atoms with Crippen molar-refractivity contribution in [1.29, 1.82) is 0 Å². The third-order valence-electron chi connectivity index (χ3n) is 4.08. The van der Waals surface area contributed by atoms with Gasteiger partial charge in [-0.15, -0.1) is 11.3 Å². The van der Waals surface area contributed by atoms with Gasteiger partial charge in [0.15, 0.2) is 0 Å². The maximum absolute atomic E-state index is 12.5. The highest BCUT2D eigenvalue weighted by molar-refractivity contribution is 7.17. The molecule has 1 aliphatic carbocycles. The van der Waals surface area contributed by atoms with E-state index in [0.717, 1.165) is 31.2 Å². The molecule has 7 nitrogen and oxygen atoms in total. The van der Waals surface area contributed by atoms with Gasteiger partial charge in [0.05, 0.1) is 5.56 Å². The van der Waals surface area contributed by atoms with Crippen LogP contribution in [0, 0.1) is 0 Å². The topological polar surface area (TPSA) is 88.9 Å². The molecular weight excluding hydrogens is 314 g/mol. The summed E-state index contributed by atoms with van der Waals surface area (Å²) in [6, 6.07) is -0.492. The molecule has 0 saturated carbocycles. The lowest BCUT2D eigenvalue weighted by atomic mass is 9.95. The first-order valence-corrected chi connectivity index (χ1v) is 8.45. The molecule has 0 aliphatic heterocycles. The number of nitrogens with one attached hydrogen (secondary N) is 2. The van der Waals surface area contributed by atoms with Crippen LogP contribution < -0.4 is 10.6 Å². The van der Waals surface area contributed by atoms with Crippen molar-refractivity contribution < 1.29 is 9.59 Å². The Morgan fingerprint density at radius 1 is 1.35 bits per heavy atom. The molecule has 0 fully saturated rings. The lowest BCUT2D eigenvalue weighted by Crippen LogP contribution is -2.26. The number of aromatic nitrogens is 3. The molecule has 1 atom stereocenters. The fourth-order valence-electron chi connectivity index (χ4n) is 2.77. The Hall–Kier alpha value is -2.22. The first kappa shape index (κ1) is 15.7. The largest absolute Gasteiger partial charge is 0.355 e. The average molecular weight is 333 g/mol. The van der Waals surface area contributed by atoms with Crippen molar-refractivity contribution in [2.24, 2.45) is 0 Å². The maximum atomic E-state index is 12.5. The third kappa shape index (κ3) is 2.98. The van der Waals surface area contributed by atoms with Crippen molar-refractivity contribution in [3.8, 4) is 0 Å². The zero-order chi connectivity index (χ0) is 16.4. The number of nitrogens with zero attached hydrogens (tertiary/aromatic N) is 3. The van der Waals surface area contributed by atoms with Crippen molar-refractivity contribution >= 4 is 28.2 Å². The number of rotatable bonds is 4. The van der Waals surface area contributed by atoms with Crippen LogP contribution in [0.4, 0.5) is 5.00 Å². The number of thiophene rings is 1. The van der Waals surface area contributed by atoms with Crippen LogP contribution in [0.15, 0.2) is 12.7 Å². The Labute approximate surface area is 138 Å². The number of hydrogen-bond donors (Lipinski definition) is 2. The molecule has 8 heteroatoms. The summed E-state index contributed by atoms with van der Waals surface area (Å²) in [5.74, 6) is -0.354. The van der Waals surface area contributed by atoms with Gasteiger partial charge >= 0.3 is 0 Å². The summed E-state index contributed by atoms with van der Waals surface area (Å²) in [4.78, 5) is 29.8. The van der Waals surface area contributed by atoms with Crippen LogP contribution in [-0.2, 0) is 17.6 Å². The van der Waals surface area contributed by atoms with Crippen LogP contribution in [0.3, 0.4) is 0 Å². The highest BCUT2D eigenvalue weighted by atomic mass is 32.1. The molecule has 3 rings (SSSR count). The van der Waals surface area contributed by atoms with Crippen LogP contribution in [0.25, 0.3) is 0 Å². The highest BCUT2D eigenvalue weighted by Crippen LogP contribution is 2.38. The monoisotopic (exact) mass is 333 g/mol. The van der Waals surface area contributed by atoms with Gasteiger partial charge in [0.25, 0.3) is 5.91 Å². The molecule has 1 aliphatic rings. The Morgan fingerprint density at radius 2 is 2.13 bits per heavy atom. The van der Waals surface area contributed by atoms with Gasteiger partial charge in [0.1, 0.15) is 23.7 Å². The summed E-state index contributed by atoms with van der Waals surface area (Å²) in [5.41, 5.74) is 1.70. The minimum atomic E-state index is -0.492. The molecule has 0 unspecified atom stereocenters. The van der Waals surface area contributed by atoms with Crippen LogP contribution >= 0.6 is 11.3 Å². The van der Waals surface area contributed by atoms with Gasteiger partial charge in [-0.1, -0.05) is 0 Å². The lowest BCUT2D eigenvalue weighted by Gasteiger charge is -2.13. The molecule has 0 bridgehead atoms. The molecule has 2 N–H and O–H groups in total. The Balaban J connectivity index is 1.88. The van der Waals surface area contributed by atoms with E-state index >= 15 is 0 Å². The molecule has 122 valence electrons. The number of anilines is 1. The summed E-state index contributed by atoms with van der Waals surface area (Å²) in [7, 11) is 1.61. The van der Waals surface area contributed by atoms with E-state index in [1.165, 1.54) is 33.6 Å². The van der Waals surface area contributed by atoms with Gasteiger partial charge in [0.2, 0.25) is 5.91 Å².